The summed E-state index contributed by atoms with van der Waals surface area (Å²) in [7, 11) is 0. The number of nitrogens with one attached hydrogen (secondary N) is 1. The van der Waals surface area contributed by atoms with Crippen LogP contribution in [0.5, 0.6) is 0 Å². The molecule has 0 spiro atoms. The largest absolute Gasteiger partial charge is 0.365 e. The van der Waals surface area contributed by atoms with E-state index in [4.69, 9.17) is 4.74 Å². The summed E-state index contributed by atoms with van der Waals surface area (Å²) >= 11 is 0. The predicted molar refractivity (Wildman–Crippen MR) is 82.7 cm³/mol. The number of halogens is 1. The van der Waals surface area contributed by atoms with E-state index in [1.807, 2.05) is 0 Å². The second-order valence-corrected chi connectivity index (χ2v) is 5.96. The van der Waals surface area contributed by atoms with Gasteiger partial charge in [-0.05, 0) is 17.7 Å². The molecule has 1 atom stereocenters. The second kappa shape index (κ2) is 6.29. The molecule has 0 radical (unpaired) electrons. The van der Waals surface area contributed by atoms with Crippen LogP contribution in [0.3, 0.4) is 0 Å². The Labute approximate surface area is 138 Å². The van der Waals surface area contributed by atoms with Crippen molar-refractivity contribution < 1.29 is 13.9 Å². The first kappa shape index (κ1) is 15.2. The molecule has 3 heterocycles. The normalized spacial score (nSPS) is 20.7. The van der Waals surface area contributed by atoms with Gasteiger partial charge in [0.2, 0.25) is 0 Å². The Kier molecular flexibility index (Phi) is 3.99. The molecule has 2 aliphatic heterocycles. The molecule has 7 nitrogen and oxygen atoms in total. The second-order valence-electron chi connectivity index (χ2n) is 5.96. The molecule has 2 aliphatic rings. The van der Waals surface area contributed by atoms with Crippen LogP contribution >= 0.6 is 0 Å². The number of carbonyl (C=O) groups is 1. The Morgan fingerprint density at radius 3 is 2.75 bits per heavy atom. The van der Waals surface area contributed by atoms with E-state index < -0.39 is 0 Å². The van der Waals surface area contributed by atoms with Crippen molar-refractivity contribution in [3.63, 3.8) is 0 Å². The van der Waals surface area contributed by atoms with E-state index in [1.165, 1.54) is 12.1 Å². The third-order valence-electron chi connectivity index (χ3n) is 4.45. The fourth-order valence-corrected chi connectivity index (χ4v) is 3.07. The van der Waals surface area contributed by atoms with Crippen molar-refractivity contribution in [2.45, 2.75) is 19.3 Å². The highest BCUT2D eigenvalue weighted by Gasteiger charge is 2.30. The van der Waals surface area contributed by atoms with Crippen molar-refractivity contribution in [2.24, 2.45) is 0 Å². The maximum absolute atomic E-state index is 13.0. The highest BCUT2D eigenvalue weighted by atomic mass is 19.1. The molecular weight excluding hydrogens is 313 g/mol. The molecule has 1 saturated heterocycles. The number of amides is 1. The minimum Gasteiger partial charge on any atom is -0.365 e. The Balaban J connectivity index is 1.53. The minimum atomic E-state index is -0.278. The monoisotopic (exact) mass is 331 g/mol. The van der Waals surface area contributed by atoms with E-state index >= 15 is 0 Å². The van der Waals surface area contributed by atoms with Gasteiger partial charge in [-0.1, -0.05) is 17.3 Å². The van der Waals surface area contributed by atoms with Crippen LogP contribution in [-0.2, 0) is 17.9 Å². The van der Waals surface area contributed by atoms with Gasteiger partial charge < -0.3 is 15.0 Å². The zero-order valence-corrected chi connectivity index (χ0v) is 13.1. The molecule has 8 heteroatoms. The summed E-state index contributed by atoms with van der Waals surface area (Å²) in [5, 5.41) is 11.4. The van der Waals surface area contributed by atoms with Gasteiger partial charge in [0.25, 0.3) is 5.91 Å². The number of carbonyl (C=O) groups excluding carboxylic acids is 1. The Hall–Kier alpha value is -2.32. The summed E-state index contributed by atoms with van der Waals surface area (Å²) in [6.07, 6.45) is -0.220. The van der Waals surface area contributed by atoms with Crippen LogP contribution < -0.4 is 5.32 Å². The minimum absolute atomic E-state index is 0.0958. The molecule has 0 aliphatic carbocycles. The molecule has 0 bridgehead atoms. The topological polar surface area (TPSA) is 72.3 Å². The average Bonchev–Trinajstić information content (AvgIpc) is 3.05. The van der Waals surface area contributed by atoms with E-state index in [1.54, 1.807) is 21.7 Å². The van der Waals surface area contributed by atoms with Crippen molar-refractivity contribution in [2.75, 3.05) is 26.2 Å². The van der Waals surface area contributed by atoms with Gasteiger partial charge in [-0.2, -0.15) is 0 Å². The number of nitrogens with zero attached hydrogens (tertiary/aromatic N) is 4. The first-order valence-corrected chi connectivity index (χ1v) is 8.02. The zero-order valence-electron chi connectivity index (χ0n) is 13.1. The molecule has 1 unspecified atom stereocenters. The van der Waals surface area contributed by atoms with Crippen molar-refractivity contribution >= 4 is 5.91 Å². The number of hydrogen-bond acceptors (Lipinski definition) is 5. The lowest BCUT2D eigenvalue weighted by Gasteiger charge is -2.28. The van der Waals surface area contributed by atoms with Crippen LogP contribution in [0.2, 0.25) is 0 Å². The lowest BCUT2D eigenvalue weighted by atomic mass is 10.1. The van der Waals surface area contributed by atoms with Crippen LogP contribution in [0.25, 0.3) is 0 Å². The summed E-state index contributed by atoms with van der Waals surface area (Å²) in [5.74, 6) is -0.374. The quantitative estimate of drug-likeness (QED) is 0.878. The summed E-state index contributed by atoms with van der Waals surface area (Å²) in [4.78, 5) is 14.4. The molecule has 1 fully saturated rings. The number of piperazine rings is 1. The highest BCUT2D eigenvalue weighted by molar-refractivity contribution is 5.93. The smallest absolute Gasteiger partial charge is 0.276 e. The van der Waals surface area contributed by atoms with Gasteiger partial charge in [0.1, 0.15) is 11.9 Å². The van der Waals surface area contributed by atoms with Gasteiger partial charge in [0.05, 0.1) is 18.8 Å². The number of ether oxygens (including phenoxy) is 1. The van der Waals surface area contributed by atoms with Crippen LogP contribution in [0.15, 0.2) is 24.3 Å². The molecule has 4 rings (SSSR count). The number of fused-ring (bicyclic) bond motifs is 1. The van der Waals surface area contributed by atoms with E-state index in [0.717, 1.165) is 18.7 Å². The maximum atomic E-state index is 13.0. The highest BCUT2D eigenvalue weighted by Crippen LogP contribution is 2.27. The van der Waals surface area contributed by atoms with Gasteiger partial charge in [-0.3, -0.25) is 4.79 Å². The predicted octanol–water partition coefficient (Wildman–Crippen LogP) is 0.734. The SMILES string of the molecule is O=C(c1nnn2c1COC(c1ccc(F)cc1)C2)N1CCNCC1. The molecule has 1 amide bonds. The van der Waals surface area contributed by atoms with Crippen molar-refractivity contribution in [3.8, 4) is 0 Å². The van der Waals surface area contributed by atoms with Gasteiger partial charge in [0.15, 0.2) is 5.69 Å². The Bertz CT molecular complexity index is 739. The van der Waals surface area contributed by atoms with Crippen LogP contribution in [-0.4, -0.2) is 52.0 Å². The number of aromatic nitrogens is 3. The lowest BCUT2D eigenvalue weighted by molar-refractivity contribution is -0.00200. The molecule has 1 aromatic heterocycles. The average molecular weight is 331 g/mol. The van der Waals surface area contributed by atoms with Gasteiger partial charge in [-0.25, -0.2) is 9.07 Å². The summed E-state index contributed by atoms with van der Waals surface area (Å²) in [5.41, 5.74) is 1.96. The first-order valence-electron chi connectivity index (χ1n) is 8.02. The molecule has 24 heavy (non-hydrogen) atoms. The van der Waals surface area contributed by atoms with Crippen molar-refractivity contribution in [3.05, 3.63) is 47.0 Å². The number of benzene rings is 1. The van der Waals surface area contributed by atoms with Crippen LogP contribution in [0.1, 0.15) is 27.8 Å². The third-order valence-corrected chi connectivity index (χ3v) is 4.45. The molecule has 126 valence electrons. The number of hydrogen-bond donors (Lipinski definition) is 1. The summed E-state index contributed by atoms with van der Waals surface area (Å²) in [6, 6.07) is 6.23. The van der Waals surface area contributed by atoms with Crippen molar-refractivity contribution in [1.29, 1.82) is 0 Å². The molecule has 1 N–H and O–H groups in total. The zero-order chi connectivity index (χ0) is 16.5. The number of rotatable bonds is 2. The molecular formula is C16H18FN5O2. The summed E-state index contributed by atoms with van der Waals surface area (Å²) in [6.45, 7) is 3.65. The van der Waals surface area contributed by atoms with Crippen LogP contribution in [0.4, 0.5) is 4.39 Å². The summed E-state index contributed by atoms with van der Waals surface area (Å²) < 4.78 is 20.6. The molecule has 0 saturated carbocycles. The first-order chi connectivity index (χ1) is 11.7. The molecule has 2 aromatic rings. The standard InChI is InChI=1S/C16H18FN5O2/c17-12-3-1-11(2-4-12)14-9-22-13(10-24-14)15(19-20-22)16(23)21-7-5-18-6-8-21/h1-4,14,18H,5-10H2. The fraction of sp³-hybridized carbons (Fsp3) is 0.438. The maximum Gasteiger partial charge on any atom is 0.276 e. The van der Waals surface area contributed by atoms with E-state index in [2.05, 4.69) is 15.6 Å². The van der Waals surface area contributed by atoms with Gasteiger partial charge in [0, 0.05) is 26.2 Å². The van der Waals surface area contributed by atoms with Gasteiger partial charge in [-0.15, -0.1) is 5.10 Å². The Morgan fingerprint density at radius 2 is 2.00 bits per heavy atom. The lowest BCUT2D eigenvalue weighted by Crippen LogP contribution is -2.46. The van der Waals surface area contributed by atoms with E-state index in [0.29, 0.717) is 31.0 Å². The van der Waals surface area contributed by atoms with Crippen LogP contribution in [0, 0.1) is 5.82 Å². The Morgan fingerprint density at radius 1 is 1.25 bits per heavy atom. The van der Waals surface area contributed by atoms with E-state index in [9.17, 15) is 9.18 Å². The third kappa shape index (κ3) is 2.78. The van der Waals surface area contributed by atoms with Crippen molar-refractivity contribution in [1.82, 2.24) is 25.2 Å². The van der Waals surface area contributed by atoms with Gasteiger partial charge >= 0.3 is 0 Å². The fourth-order valence-electron chi connectivity index (χ4n) is 3.07. The molecule has 1 aromatic carbocycles. The van der Waals surface area contributed by atoms with E-state index in [-0.39, 0.29) is 24.4 Å².